The molecule has 1 aliphatic carbocycles. The lowest BCUT2D eigenvalue weighted by Crippen LogP contribution is -2.29. The Morgan fingerprint density at radius 3 is 2.65 bits per heavy atom. The monoisotopic (exact) mass is 370 g/mol. The molecular formula is C19H15ClN2O4. The van der Waals surface area contributed by atoms with Gasteiger partial charge in [0.15, 0.2) is 0 Å². The third kappa shape index (κ3) is 2.63. The molecule has 2 N–H and O–H groups in total. The van der Waals surface area contributed by atoms with Crippen LogP contribution < -0.4 is 5.32 Å². The normalized spacial score (nSPS) is 23.0. The molecule has 4 rings (SSSR count). The zero-order valence-electron chi connectivity index (χ0n) is 13.6. The Morgan fingerprint density at radius 1 is 1.27 bits per heavy atom. The summed E-state index contributed by atoms with van der Waals surface area (Å²) in [6.07, 6.45) is 4.99. The van der Waals surface area contributed by atoms with Crippen LogP contribution in [0.15, 0.2) is 48.6 Å². The van der Waals surface area contributed by atoms with Crippen LogP contribution in [-0.4, -0.2) is 16.0 Å². The largest absolute Gasteiger partial charge is 0.478 e. The van der Waals surface area contributed by atoms with Crippen molar-refractivity contribution in [2.75, 3.05) is 5.32 Å². The zero-order valence-corrected chi connectivity index (χ0v) is 14.3. The number of anilines is 1. The number of halogens is 1. The summed E-state index contributed by atoms with van der Waals surface area (Å²) in [7, 11) is 0. The van der Waals surface area contributed by atoms with E-state index in [1.807, 2.05) is 0 Å². The number of aromatic carboxylic acids is 1. The molecule has 0 radical (unpaired) electrons. The molecule has 3 atom stereocenters. The first kappa shape index (κ1) is 16.6. The Balaban J connectivity index is 1.77. The first-order valence-corrected chi connectivity index (χ1v) is 8.58. The molecule has 0 bridgehead atoms. The molecule has 6 nitrogen and oxygen atoms in total. The summed E-state index contributed by atoms with van der Waals surface area (Å²) < 4.78 is 0. The summed E-state index contributed by atoms with van der Waals surface area (Å²) in [6, 6.07) is 9.68. The molecule has 26 heavy (non-hydrogen) atoms. The fourth-order valence-corrected chi connectivity index (χ4v) is 4.18. The van der Waals surface area contributed by atoms with Gasteiger partial charge in [0.2, 0.25) is 0 Å². The summed E-state index contributed by atoms with van der Waals surface area (Å²) in [5, 5.41) is 24.0. The van der Waals surface area contributed by atoms with Crippen molar-refractivity contribution in [1.82, 2.24) is 0 Å². The summed E-state index contributed by atoms with van der Waals surface area (Å²) >= 11 is 6.33. The average Bonchev–Trinajstić information content (AvgIpc) is 3.11. The van der Waals surface area contributed by atoms with E-state index in [1.165, 1.54) is 6.07 Å². The van der Waals surface area contributed by atoms with Gasteiger partial charge in [-0.2, -0.15) is 0 Å². The van der Waals surface area contributed by atoms with E-state index in [0.29, 0.717) is 10.7 Å². The van der Waals surface area contributed by atoms with Gasteiger partial charge in [-0.05, 0) is 35.6 Å². The lowest BCUT2D eigenvalue weighted by atomic mass is 9.77. The van der Waals surface area contributed by atoms with Gasteiger partial charge in [-0.1, -0.05) is 35.9 Å². The summed E-state index contributed by atoms with van der Waals surface area (Å²) in [6.45, 7) is 0. The van der Waals surface area contributed by atoms with E-state index in [4.69, 9.17) is 16.7 Å². The van der Waals surface area contributed by atoms with E-state index < -0.39 is 10.9 Å². The highest BCUT2D eigenvalue weighted by atomic mass is 35.5. The minimum atomic E-state index is -0.964. The van der Waals surface area contributed by atoms with Gasteiger partial charge in [0.05, 0.1) is 27.2 Å². The van der Waals surface area contributed by atoms with Crippen LogP contribution in [0.25, 0.3) is 0 Å². The number of fused-ring (bicyclic) bond motifs is 3. The first-order chi connectivity index (χ1) is 12.5. The summed E-state index contributed by atoms with van der Waals surface area (Å²) in [5.41, 5.74) is 2.73. The number of allylic oxidation sites excluding steroid dienone is 2. The topological polar surface area (TPSA) is 92.5 Å². The number of nitro groups is 1. The van der Waals surface area contributed by atoms with Crippen LogP contribution in [0, 0.1) is 16.0 Å². The molecule has 3 unspecified atom stereocenters. The van der Waals surface area contributed by atoms with Gasteiger partial charge in [-0.25, -0.2) is 4.79 Å². The van der Waals surface area contributed by atoms with Crippen LogP contribution in [0.2, 0.25) is 5.02 Å². The van der Waals surface area contributed by atoms with Crippen molar-refractivity contribution < 1.29 is 14.8 Å². The number of non-ortho nitro benzene ring substituents is 1. The highest BCUT2D eigenvalue weighted by Crippen LogP contribution is 2.52. The first-order valence-electron chi connectivity index (χ1n) is 8.20. The second-order valence-electron chi connectivity index (χ2n) is 6.55. The van der Waals surface area contributed by atoms with E-state index in [1.54, 1.807) is 30.3 Å². The van der Waals surface area contributed by atoms with Crippen LogP contribution >= 0.6 is 11.6 Å². The van der Waals surface area contributed by atoms with Crippen LogP contribution in [-0.2, 0) is 0 Å². The molecule has 2 aliphatic rings. The molecule has 7 heteroatoms. The number of hydrogen-bond acceptors (Lipinski definition) is 4. The summed E-state index contributed by atoms with van der Waals surface area (Å²) in [4.78, 5) is 21.8. The molecule has 0 spiro atoms. The number of carbonyl (C=O) groups is 1. The molecule has 0 saturated heterocycles. The standard InChI is InChI=1S/C19H15ClN2O4/c20-16-9-12(22(25)26)8-15-13-2-1-3-14(13)17(21-18(15)16)10-4-6-11(7-5-10)19(23)24/h1-2,4-9,13-14,17,21H,3H2,(H,23,24). The predicted octanol–water partition coefficient (Wildman–Crippen LogP) is 4.77. The van der Waals surface area contributed by atoms with E-state index in [2.05, 4.69) is 17.5 Å². The number of nitrogens with one attached hydrogen (secondary N) is 1. The van der Waals surface area contributed by atoms with Crippen molar-refractivity contribution in [3.8, 4) is 0 Å². The van der Waals surface area contributed by atoms with Crippen molar-refractivity contribution >= 4 is 28.9 Å². The number of hydrogen-bond donors (Lipinski definition) is 2. The van der Waals surface area contributed by atoms with Gasteiger partial charge >= 0.3 is 5.97 Å². The van der Waals surface area contributed by atoms with Gasteiger partial charge < -0.3 is 10.4 Å². The number of carboxylic acid groups (broad SMARTS) is 1. The predicted molar refractivity (Wildman–Crippen MR) is 97.9 cm³/mol. The molecular weight excluding hydrogens is 356 g/mol. The lowest BCUT2D eigenvalue weighted by molar-refractivity contribution is -0.384. The quantitative estimate of drug-likeness (QED) is 0.461. The maximum absolute atomic E-state index is 11.2. The Kier molecular flexibility index (Phi) is 3.92. The third-order valence-corrected chi connectivity index (χ3v) is 5.43. The minimum absolute atomic E-state index is 0.0149. The fraction of sp³-hybridized carbons (Fsp3) is 0.211. The van der Waals surface area contributed by atoms with Crippen molar-refractivity contribution in [3.05, 3.63) is 80.4 Å². The number of rotatable bonds is 3. The molecule has 132 valence electrons. The highest BCUT2D eigenvalue weighted by Gasteiger charge is 2.39. The molecule has 1 heterocycles. The van der Waals surface area contributed by atoms with Crippen molar-refractivity contribution in [3.63, 3.8) is 0 Å². The van der Waals surface area contributed by atoms with E-state index in [0.717, 1.165) is 17.5 Å². The second-order valence-corrected chi connectivity index (χ2v) is 6.96. The van der Waals surface area contributed by atoms with Gasteiger partial charge in [0.25, 0.3) is 5.69 Å². The Hall–Kier alpha value is -2.86. The third-order valence-electron chi connectivity index (χ3n) is 5.13. The second kappa shape index (κ2) is 6.14. The van der Waals surface area contributed by atoms with Gasteiger partial charge in [-0.15, -0.1) is 0 Å². The zero-order chi connectivity index (χ0) is 18.4. The van der Waals surface area contributed by atoms with Gasteiger partial charge in [0, 0.05) is 18.1 Å². The molecule has 2 aromatic carbocycles. The minimum Gasteiger partial charge on any atom is -0.478 e. The number of nitro benzene ring substituents is 1. The van der Waals surface area contributed by atoms with Crippen molar-refractivity contribution in [1.29, 1.82) is 0 Å². The number of benzene rings is 2. The van der Waals surface area contributed by atoms with Crippen LogP contribution in [0.5, 0.6) is 0 Å². The lowest BCUT2D eigenvalue weighted by Gasteiger charge is -2.37. The maximum atomic E-state index is 11.2. The molecule has 1 aliphatic heterocycles. The van der Waals surface area contributed by atoms with Crippen LogP contribution in [0.1, 0.15) is 39.9 Å². The fourth-order valence-electron chi connectivity index (χ4n) is 3.91. The van der Waals surface area contributed by atoms with E-state index in [-0.39, 0.29) is 29.1 Å². The van der Waals surface area contributed by atoms with E-state index >= 15 is 0 Å². The Labute approximate surface area is 154 Å². The number of carboxylic acids is 1. The Bertz CT molecular complexity index is 939. The molecule has 0 amide bonds. The van der Waals surface area contributed by atoms with Crippen LogP contribution in [0.4, 0.5) is 11.4 Å². The maximum Gasteiger partial charge on any atom is 0.335 e. The van der Waals surface area contributed by atoms with Gasteiger partial charge in [0.1, 0.15) is 0 Å². The molecule has 0 saturated carbocycles. The highest BCUT2D eigenvalue weighted by molar-refractivity contribution is 6.33. The van der Waals surface area contributed by atoms with Gasteiger partial charge in [-0.3, -0.25) is 10.1 Å². The average molecular weight is 371 g/mol. The molecule has 0 aromatic heterocycles. The Morgan fingerprint density at radius 2 is 2.00 bits per heavy atom. The summed E-state index contributed by atoms with van der Waals surface area (Å²) in [5.74, 6) is -0.738. The van der Waals surface area contributed by atoms with Crippen molar-refractivity contribution in [2.45, 2.75) is 18.4 Å². The molecule has 0 fully saturated rings. The number of nitrogens with zero attached hydrogens (tertiary/aromatic N) is 1. The SMILES string of the molecule is O=C(O)c1ccc(C2Nc3c(Cl)cc([N+](=O)[O-])cc3C3C=CCC32)cc1. The van der Waals surface area contributed by atoms with Crippen LogP contribution in [0.3, 0.4) is 0 Å². The van der Waals surface area contributed by atoms with Crippen molar-refractivity contribution in [2.24, 2.45) is 5.92 Å². The molecule has 2 aromatic rings. The van der Waals surface area contributed by atoms with E-state index in [9.17, 15) is 14.9 Å². The smallest absolute Gasteiger partial charge is 0.335 e.